The zero-order chi connectivity index (χ0) is 66.0. The summed E-state index contributed by atoms with van der Waals surface area (Å²) in [5.41, 5.74) is 9.66. The number of aryl methyl sites for hydroxylation is 1. The Balaban J connectivity index is 0.814. The molecule has 0 radical (unpaired) electrons. The molecule has 6 aromatic rings. The number of alkyl carbamates (subject to hydrolysis) is 1. The summed E-state index contributed by atoms with van der Waals surface area (Å²) in [4.78, 5) is 140. The fourth-order valence-electron chi connectivity index (χ4n) is 10.1. The van der Waals surface area contributed by atoms with Crippen LogP contribution in [0.1, 0.15) is 70.1 Å². The van der Waals surface area contributed by atoms with Gasteiger partial charge in [0.05, 0.1) is 43.9 Å². The van der Waals surface area contributed by atoms with Gasteiger partial charge in [-0.15, -0.1) is 11.6 Å². The number of rotatable bonds is 29. The monoisotopic (exact) mass is 1290 g/mol. The summed E-state index contributed by atoms with van der Waals surface area (Å²) in [5.74, 6) is -2.87. The number of nitrogens with two attached hydrogens (primary N) is 1. The molecule has 486 valence electrons. The molecule has 0 unspecified atom stereocenters. The van der Waals surface area contributed by atoms with Crippen LogP contribution in [0.4, 0.5) is 36.2 Å². The van der Waals surface area contributed by atoms with E-state index in [1.54, 1.807) is 85.5 Å². The van der Waals surface area contributed by atoms with Gasteiger partial charge >= 0.3 is 24.3 Å². The van der Waals surface area contributed by atoms with Crippen LogP contribution in [0.2, 0.25) is 0 Å². The van der Waals surface area contributed by atoms with Crippen molar-refractivity contribution in [2.24, 2.45) is 11.7 Å². The number of hydrogen-bond acceptors (Lipinski definition) is 17. The number of benzene rings is 4. The smallest absolute Gasteiger partial charge is 0.412 e. The van der Waals surface area contributed by atoms with Crippen molar-refractivity contribution in [3.8, 4) is 11.5 Å². The lowest BCUT2D eigenvalue weighted by molar-refractivity contribution is -0.137. The van der Waals surface area contributed by atoms with Crippen LogP contribution in [0.3, 0.4) is 0 Å². The zero-order valence-corrected chi connectivity index (χ0v) is 51.6. The number of halogens is 1. The largest absolute Gasteiger partial charge is 0.491 e. The standard InChI is InChI=1S/C63H71ClN12O16/c1-36(2)54(73-62(86)90-28-27-88-25-23-75-50(78)18-19-51(75)79)58(82)72-46(9-6-20-66-60(65)84)57(81)69-42-14-10-38(11-15-42)35-91-63(87)74(4)22-21-67-61(85)92-49-31-48-53(52-37(3)7-5-8-45(49)52)41(32-64)34-76(48)59(83)47-30-40-29-43(33-68-55(40)71-47)70-56(80)39-12-16-44(17-13-39)89-26-24-77/h5,7-8,10-19,29-31,33,36,41,46,54,77H,6,9,20-28,32,34-35H2,1-4H3,(H,67,85)(H,68,71)(H,69,81)(H,70,80)(H,72,82)(H,73,86)(H3,65,66,84)/t41-,46+,54+/m1/s1. The summed E-state index contributed by atoms with van der Waals surface area (Å²) in [6, 6.07) is 20.3. The van der Waals surface area contributed by atoms with Crippen LogP contribution in [0.5, 0.6) is 11.5 Å². The van der Waals surface area contributed by atoms with Crippen molar-refractivity contribution >= 4 is 110 Å². The molecule has 0 saturated carbocycles. The molecule has 10 N–H and O–H groups in total. The summed E-state index contributed by atoms with van der Waals surface area (Å²) < 4.78 is 27.4. The van der Waals surface area contributed by atoms with Crippen molar-refractivity contribution < 1.29 is 76.7 Å². The van der Waals surface area contributed by atoms with Crippen molar-refractivity contribution in [1.29, 1.82) is 0 Å². The SMILES string of the molecule is Cc1cccc2c(OC(=O)NCCN(C)C(=O)OCc3ccc(NC(=O)[C@H](CCCNC(N)=O)NC(=O)[C@@H](NC(=O)OCCOCCN4C(=O)C=CC4=O)C(C)C)cc3)cc3c(c12)[C@H](CCl)CN3C(=O)c1cc2cc(NC(=O)c3ccc(OCCO)cc3)cnc2[nH]1. The number of alkyl halides is 1. The minimum atomic E-state index is -1.15. The second-order valence-electron chi connectivity index (χ2n) is 21.7. The number of nitrogens with zero attached hydrogens (tertiary/aromatic N) is 4. The Morgan fingerprint density at radius 3 is 2.29 bits per heavy atom. The van der Waals surface area contributed by atoms with Gasteiger partial charge in [-0.3, -0.25) is 33.7 Å². The minimum absolute atomic E-state index is 0.0140. The first kappa shape index (κ1) is 67.6. The number of anilines is 3. The van der Waals surface area contributed by atoms with Crippen LogP contribution in [0, 0.1) is 12.8 Å². The van der Waals surface area contributed by atoms with Gasteiger partial charge in [-0.1, -0.05) is 44.2 Å². The third kappa shape index (κ3) is 17.8. The number of primary amides is 1. The number of carbonyl (C=O) groups excluding carboxylic acids is 10. The number of amides is 11. The van der Waals surface area contributed by atoms with Crippen LogP contribution >= 0.6 is 11.6 Å². The summed E-state index contributed by atoms with van der Waals surface area (Å²) in [7, 11) is 1.49. The molecule has 0 fully saturated rings. The van der Waals surface area contributed by atoms with Gasteiger partial charge in [-0.2, -0.15) is 0 Å². The molecule has 8 rings (SSSR count). The number of fused-ring (bicyclic) bond motifs is 4. The van der Waals surface area contributed by atoms with E-state index >= 15 is 0 Å². The highest BCUT2D eigenvalue weighted by atomic mass is 35.5. The normalized spacial score (nSPS) is 13.9. The average Bonchev–Trinajstić information content (AvgIpc) is 1.54. The maximum atomic E-state index is 14.5. The maximum Gasteiger partial charge on any atom is 0.412 e. The van der Waals surface area contributed by atoms with E-state index in [4.69, 9.17) is 46.1 Å². The number of aliphatic hydroxyl groups excluding tert-OH is 1. The molecule has 92 heavy (non-hydrogen) atoms. The van der Waals surface area contributed by atoms with Crippen LogP contribution < -0.4 is 52.0 Å². The van der Waals surface area contributed by atoms with E-state index in [2.05, 4.69) is 41.9 Å². The second-order valence-corrected chi connectivity index (χ2v) is 22.0. The van der Waals surface area contributed by atoms with Gasteiger partial charge in [0, 0.05) is 85.3 Å². The van der Waals surface area contributed by atoms with E-state index in [0.29, 0.717) is 50.4 Å². The van der Waals surface area contributed by atoms with E-state index in [9.17, 15) is 47.9 Å². The van der Waals surface area contributed by atoms with Gasteiger partial charge in [0.1, 0.15) is 54.7 Å². The number of H-pyrrole nitrogens is 1. The number of likely N-dealkylation sites (N-methyl/N-ethyl adjacent to an activating group) is 1. The number of imide groups is 1. The Morgan fingerprint density at radius 2 is 1.59 bits per heavy atom. The quantitative estimate of drug-likeness (QED) is 0.0158. The van der Waals surface area contributed by atoms with E-state index in [0.717, 1.165) is 33.6 Å². The van der Waals surface area contributed by atoms with Crippen molar-refractivity contribution in [2.45, 2.75) is 58.2 Å². The first-order chi connectivity index (χ1) is 44.2. The predicted octanol–water partition coefficient (Wildman–Crippen LogP) is 5.55. The molecule has 0 aliphatic carbocycles. The Kier molecular flexibility index (Phi) is 23.5. The Labute approximate surface area is 532 Å². The molecule has 0 saturated heterocycles. The molecule has 3 atom stereocenters. The van der Waals surface area contributed by atoms with Crippen molar-refractivity contribution in [2.75, 3.05) is 94.2 Å². The second kappa shape index (κ2) is 31.9. The number of urea groups is 1. The molecule has 28 nitrogen and oxygen atoms in total. The molecular weight excluding hydrogens is 1220 g/mol. The molecule has 4 heterocycles. The van der Waals surface area contributed by atoms with E-state index in [1.165, 1.54) is 18.1 Å². The third-order valence-corrected chi connectivity index (χ3v) is 15.2. The van der Waals surface area contributed by atoms with Gasteiger partial charge in [0.2, 0.25) is 11.8 Å². The maximum absolute atomic E-state index is 14.5. The molecule has 11 amide bonds. The fraction of sp³-hybridized carbons (Fsp3) is 0.349. The molecule has 2 aliphatic rings. The predicted molar refractivity (Wildman–Crippen MR) is 337 cm³/mol. The van der Waals surface area contributed by atoms with Crippen LogP contribution in [-0.4, -0.2) is 175 Å². The van der Waals surface area contributed by atoms with Crippen molar-refractivity contribution in [1.82, 2.24) is 41.0 Å². The highest BCUT2D eigenvalue weighted by Gasteiger charge is 2.37. The van der Waals surface area contributed by atoms with Crippen LogP contribution in [-0.2, 0) is 40.0 Å². The summed E-state index contributed by atoms with van der Waals surface area (Å²) in [6.07, 6.45) is 1.61. The molecule has 0 bridgehead atoms. The van der Waals surface area contributed by atoms with Gasteiger partial charge in [-0.25, -0.2) is 24.2 Å². The molecule has 0 spiro atoms. The van der Waals surface area contributed by atoms with E-state index in [-0.39, 0.29) is 108 Å². The molecule has 4 aromatic carbocycles. The number of aromatic nitrogens is 2. The lowest BCUT2D eigenvalue weighted by Crippen LogP contribution is -2.54. The lowest BCUT2D eigenvalue weighted by Gasteiger charge is -2.25. The topological polar surface area (TPSA) is 374 Å². The van der Waals surface area contributed by atoms with Crippen molar-refractivity contribution in [3.05, 3.63) is 131 Å². The number of hydrogen-bond donors (Lipinski definition) is 9. The molecule has 2 aliphatic heterocycles. The van der Waals surface area contributed by atoms with Crippen LogP contribution in [0.15, 0.2) is 103 Å². The highest BCUT2D eigenvalue weighted by Crippen LogP contribution is 2.47. The first-order valence-corrected chi connectivity index (χ1v) is 29.9. The van der Waals surface area contributed by atoms with Gasteiger partial charge in [0.15, 0.2) is 0 Å². The summed E-state index contributed by atoms with van der Waals surface area (Å²) in [5, 5.41) is 26.9. The van der Waals surface area contributed by atoms with Crippen molar-refractivity contribution in [3.63, 3.8) is 0 Å². The molecule has 29 heteroatoms. The molecular formula is C63H71ClN12O16. The third-order valence-electron chi connectivity index (χ3n) is 14.8. The highest BCUT2D eigenvalue weighted by molar-refractivity contribution is 6.19. The Morgan fingerprint density at radius 1 is 0.837 bits per heavy atom. The average molecular weight is 1290 g/mol. The van der Waals surface area contributed by atoms with E-state index in [1.807, 2.05) is 25.1 Å². The summed E-state index contributed by atoms with van der Waals surface area (Å²) >= 11 is 6.60. The zero-order valence-electron chi connectivity index (χ0n) is 50.8. The minimum Gasteiger partial charge on any atom is -0.491 e. The number of nitrogens with one attached hydrogen (secondary N) is 7. The lowest BCUT2D eigenvalue weighted by atomic mass is 9.92. The number of aromatic amines is 1. The van der Waals surface area contributed by atoms with Gasteiger partial charge in [0.25, 0.3) is 23.6 Å². The Bertz CT molecular complexity index is 3730. The number of pyridine rings is 1. The summed E-state index contributed by atoms with van der Waals surface area (Å²) in [6.45, 7) is 5.17. The van der Waals surface area contributed by atoms with Crippen LogP contribution in [0.25, 0.3) is 21.8 Å². The van der Waals surface area contributed by atoms with Gasteiger partial charge in [-0.05, 0) is 96.3 Å². The fourth-order valence-corrected chi connectivity index (χ4v) is 10.3. The number of aliphatic hydroxyl groups is 1. The number of ether oxygens (including phenoxy) is 5. The number of carbonyl (C=O) groups is 10. The van der Waals surface area contributed by atoms with E-state index < -0.39 is 77.8 Å². The Hall–Kier alpha value is -10.3. The molecule has 2 aromatic heterocycles. The first-order valence-electron chi connectivity index (χ1n) is 29.4. The van der Waals surface area contributed by atoms with Gasteiger partial charge < -0.3 is 81.2 Å².